The van der Waals surface area contributed by atoms with Crippen molar-refractivity contribution < 1.29 is 4.74 Å². The largest absolute Gasteiger partial charge is 0.385 e. The smallest absolute Gasteiger partial charge is 0.0474 e. The third kappa shape index (κ3) is 6.58. The van der Waals surface area contributed by atoms with Gasteiger partial charge in [-0.3, -0.25) is 0 Å². The molecule has 0 spiro atoms. The van der Waals surface area contributed by atoms with Gasteiger partial charge in [-0.1, -0.05) is 6.92 Å². The Morgan fingerprint density at radius 1 is 1.50 bits per heavy atom. The van der Waals surface area contributed by atoms with Crippen molar-refractivity contribution >= 4 is 0 Å². The van der Waals surface area contributed by atoms with Crippen molar-refractivity contribution in [3.05, 3.63) is 0 Å². The van der Waals surface area contributed by atoms with Gasteiger partial charge in [-0.25, -0.2) is 0 Å². The second-order valence-electron chi connectivity index (χ2n) is 3.45. The molecule has 0 aromatic carbocycles. The molecular formula is C9H22N2O. The molecule has 0 heterocycles. The van der Waals surface area contributed by atoms with Gasteiger partial charge in [0.15, 0.2) is 0 Å². The maximum Gasteiger partial charge on any atom is 0.0474 e. The molecule has 3 heteroatoms. The van der Waals surface area contributed by atoms with E-state index in [-0.39, 0.29) is 0 Å². The Morgan fingerprint density at radius 3 is 2.67 bits per heavy atom. The molecule has 0 radical (unpaired) electrons. The van der Waals surface area contributed by atoms with E-state index in [0.717, 1.165) is 32.7 Å². The minimum atomic E-state index is 0.595. The van der Waals surface area contributed by atoms with Crippen LogP contribution in [0.4, 0.5) is 0 Å². The average molecular weight is 174 g/mol. The van der Waals surface area contributed by atoms with Crippen LogP contribution in [0, 0.1) is 5.92 Å². The summed E-state index contributed by atoms with van der Waals surface area (Å²) < 4.78 is 4.97. The van der Waals surface area contributed by atoms with E-state index in [9.17, 15) is 0 Å². The van der Waals surface area contributed by atoms with Gasteiger partial charge in [0.2, 0.25) is 0 Å². The van der Waals surface area contributed by atoms with E-state index >= 15 is 0 Å². The van der Waals surface area contributed by atoms with Gasteiger partial charge >= 0.3 is 0 Å². The van der Waals surface area contributed by atoms with Crippen molar-refractivity contribution in [2.24, 2.45) is 11.7 Å². The lowest BCUT2D eigenvalue weighted by molar-refractivity contribution is 0.175. The Hall–Kier alpha value is -0.120. The Labute approximate surface area is 75.9 Å². The Bertz CT molecular complexity index is 98.5. The van der Waals surface area contributed by atoms with Crippen LogP contribution in [-0.4, -0.2) is 45.3 Å². The average Bonchev–Trinajstić information content (AvgIpc) is 2.05. The number of rotatable bonds is 7. The predicted molar refractivity (Wildman–Crippen MR) is 52.2 cm³/mol. The fourth-order valence-corrected chi connectivity index (χ4v) is 1.18. The topological polar surface area (TPSA) is 38.5 Å². The van der Waals surface area contributed by atoms with E-state index in [1.807, 2.05) is 0 Å². The van der Waals surface area contributed by atoms with Gasteiger partial charge in [-0.05, 0) is 25.9 Å². The van der Waals surface area contributed by atoms with E-state index in [2.05, 4.69) is 18.9 Å². The number of ether oxygens (including phenoxy) is 1. The van der Waals surface area contributed by atoms with Crippen LogP contribution in [0.2, 0.25) is 0 Å². The molecule has 0 saturated carbocycles. The van der Waals surface area contributed by atoms with Crippen molar-refractivity contribution in [3.8, 4) is 0 Å². The van der Waals surface area contributed by atoms with Crippen LogP contribution in [-0.2, 0) is 4.74 Å². The highest BCUT2D eigenvalue weighted by molar-refractivity contribution is 4.59. The molecule has 0 aliphatic carbocycles. The molecule has 74 valence electrons. The van der Waals surface area contributed by atoms with Crippen molar-refractivity contribution in [2.45, 2.75) is 13.3 Å². The first-order valence-electron chi connectivity index (χ1n) is 4.58. The molecule has 12 heavy (non-hydrogen) atoms. The summed E-state index contributed by atoms with van der Waals surface area (Å²) in [7, 11) is 3.87. The molecule has 0 fully saturated rings. The van der Waals surface area contributed by atoms with Crippen molar-refractivity contribution in [3.63, 3.8) is 0 Å². The van der Waals surface area contributed by atoms with E-state index in [1.54, 1.807) is 7.11 Å². The summed E-state index contributed by atoms with van der Waals surface area (Å²) in [5.41, 5.74) is 5.52. The zero-order valence-electron chi connectivity index (χ0n) is 8.55. The van der Waals surface area contributed by atoms with Crippen LogP contribution in [0.3, 0.4) is 0 Å². The second-order valence-corrected chi connectivity index (χ2v) is 3.45. The fraction of sp³-hybridized carbons (Fsp3) is 1.00. The lowest BCUT2D eigenvalue weighted by Crippen LogP contribution is -2.29. The Morgan fingerprint density at radius 2 is 2.17 bits per heavy atom. The molecule has 0 bridgehead atoms. The van der Waals surface area contributed by atoms with E-state index < -0.39 is 0 Å². The lowest BCUT2D eigenvalue weighted by atomic mass is 10.2. The molecule has 0 amide bonds. The quantitative estimate of drug-likeness (QED) is 0.573. The van der Waals surface area contributed by atoms with Crippen LogP contribution in [0.5, 0.6) is 0 Å². The SMILES string of the molecule is COCCCN(C)CC(C)CN. The minimum Gasteiger partial charge on any atom is -0.385 e. The lowest BCUT2D eigenvalue weighted by Gasteiger charge is -2.19. The molecule has 2 N–H and O–H groups in total. The Balaban J connectivity index is 3.26. The molecule has 3 nitrogen and oxygen atoms in total. The molecule has 0 aliphatic rings. The molecule has 0 saturated heterocycles. The number of hydrogen-bond donors (Lipinski definition) is 1. The highest BCUT2D eigenvalue weighted by Gasteiger charge is 2.03. The first kappa shape index (κ1) is 11.9. The van der Waals surface area contributed by atoms with Crippen molar-refractivity contribution in [1.29, 1.82) is 0 Å². The van der Waals surface area contributed by atoms with Gasteiger partial charge in [0.25, 0.3) is 0 Å². The van der Waals surface area contributed by atoms with E-state index in [4.69, 9.17) is 10.5 Å². The van der Waals surface area contributed by atoms with Crippen LogP contribution < -0.4 is 5.73 Å². The maximum atomic E-state index is 5.52. The van der Waals surface area contributed by atoms with Crippen LogP contribution in [0.1, 0.15) is 13.3 Å². The standard InChI is InChI=1S/C9H22N2O/c1-9(7-10)8-11(2)5-4-6-12-3/h9H,4-8,10H2,1-3H3. The van der Waals surface area contributed by atoms with Crippen LogP contribution in [0.15, 0.2) is 0 Å². The zero-order valence-corrected chi connectivity index (χ0v) is 8.55. The monoisotopic (exact) mass is 174 g/mol. The molecule has 0 rings (SSSR count). The third-order valence-electron chi connectivity index (χ3n) is 1.91. The highest BCUT2D eigenvalue weighted by atomic mass is 16.5. The minimum absolute atomic E-state index is 0.595. The fourth-order valence-electron chi connectivity index (χ4n) is 1.18. The van der Waals surface area contributed by atoms with Gasteiger partial charge in [0, 0.05) is 26.8 Å². The summed E-state index contributed by atoms with van der Waals surface area (Å²) in [6, 6.07) is 0. The summed E-state index contributed by atoms with van der Waals surface area (Å²) >= 11 is 0. The summed E-state index contributed by atoms with van der Waals surface area (Å²) in [4.78, 5) is 2.30. The summed E-state index contributed by atoms with van der Waals surface area (Å²) in [6.45, 7) is 5.97. The Kier molecular flexibility index (Phi) is 7.45. The van der Waals surface area contributed by atoms with Crippen molar-refractivity contribution in [2.75, 3.05) is 40.4 Å². The van der Waals surface area contributed by atoms with Gasteiger partial charge in [0.1, 0.15) is 0 Å². The third-order valence-corrected chi connectivity index (χ3v) is 1.91. The highest BCUT2D eigenvalue weighted by Crippen LogP contribution is 1.96. The van der Waals surface area contributed by atoms with Gasteiger partial charge < -0.3 is 15.4 Å². The van der Waals surface area contributed by atoms with E-state index in [0.29, 0.717) is 5.92 Å². The van der Waals surface area contributed by atoms with Gasteiger partial charge in [-0.2, -0.15) is 0 Å². The zero-order chi connectivity index (χ0) is 9.40. The van der Waals surface area contributed by atoms with E-state index in [1.165, 1.54) is 0 Å². The van der Waals surface area contributed by atoms with Gasteiger partial charge in [0.05, 0.1) is 0 Å². The molecule has 0 aromatic rings. The second kappa shape index (κ2) is 7.53. The van der Waals surface area contributed by atoms with Crippen LogP contribution in [0.25, 0.3) is 0 Å². The summed E-state index contributed by atoms with van der Waals surface area (Å²) in [5, 5.41) is 0. The molecule has 1 unspecified atom stereocenters. The molecule has 0 aromatic heterocycles. The normalized spacial score (nSPS) is 13.8. The summed E-state index contributed by atoms with van der Waals surface area (Å²) in [5.74, 6) is 0.595. The molecular weight excluding hydrogens is 152 g/mol. The molecule has 0 aliphatic heterocycles. The number of hydrogen-bond acceptors (Lipinski definition) is 3. The predicted octanol–water partition coefficient (Wildman–Crippen LogP) is 0.550. The van der Waals surface area contributed by atoms with Gasteiger partial charge in [-0.15, -0.1) is 0 Å². The summed E-state index contributed by atoms with van der Waals surface area (Å²) in [6.07, 6.45) is 1.10. The van der Waals surface area contributed by atoms with Crippen LogP contribution >= 0.6 is 0 Å². The number of nitrogens with two attached hydrogens (primary N) is 1. The number of nitrogens with zero attached hydrogens (tertiary/aromatic N) is 1. The maximum absolute atomic E-state index is 5.52. The van der Waals surface area contributed by atoms with Crippen molar-refractivity contribution in [1.82, 2.24) is 4.90 Å². The first-order valence-corrected chi connectivity index (χ1v) is 4.58. The molecule has 1 atom stereocenters. The number of methoxy groups -OCH3 is 1. The first-order chi connectivity index (χ1) is 5.70.